The maximum atomic E-state index is 13.2. The van der Waals surface area contributed by atoms with Crippen LogP contribution in [-0.2, 0) is 13.5 Å². The minimum Gasteiger partial charge on any atom is -0.331 e. The van der Waals surface area contributed by atoms with E-state index in [1.54, 1.807) is 6.07 Å². The van der Waals surface area contributed by atoms with E-state index in [4.69, 9.17) is 0 Å². The minimum absolute atomic E-state index is 0.217. The summed E-state index contributed by atoms with van der Waals surface area (Å²) in [6.07, 6.45) is 5.94. The Hall–Kier alpha value is -1.42. The fourth-order valence-electron chi connectivity index (χ4n) is 2.92. The molecule has 102 valence electrons. The third-order valence-electron chi connectivity index (χ3n) is 4.06. The first kappa shape index (κ1) is 12.6. The van der Waals surface area contributed by atoms with Gasteiger partial charge < -0.3 is 9.88 Å². The van der Waals surface area contributed by atoms with Crippen molar-refractivity contribution in [1.29, 1.82) is 0 Å². The molecule has 1 N–H and O–H groups in total. The first-order chi connectivity index (χ1) is 9.24. The number of fused-ring (bicyclic) bond motifs is 1. The summed E-state index contributed by atoms with van der Waals surface area (Å²) < 4.78 is 15.3. The van der Waals surface area contributed by atoms with Crippen LogP contribution in [0.15, 0.2) is 18.2 Å². The number of nitrogens with one attached hydrogen (secondary N) is 1. The molecule has 0 spiro atoms. The van der Waals surface area contributed by atoms with E-state index < -0.39 is 0 Å². The molecule has 1 aliphatic rings. The van der Waals surface area contributed by atoms with Crippen molar-refractivity contribution in [3.63, 3.8) is 0 Å². The van der Waals surface area contributed by atoms with Crippen molar-refractivity contribution in [3.05, 3.63) is 29.8 Å². The molecule has 19 heavy (non-hydrogen) atoms. The molecule has 1 saturated heterocycles. The summed E-state index contributed by atoms with van der Waals surface area (Å²) in [6.45, 7) is 1.14. The number of hydrogen-bond acceptors (Lipinski definition) is 2. The third-order valence-corrected chi connectivity index (χ3v) is 4.06. The maximum Gasteiger partial charge on any atom is 0.125 e. The zero-order valence-electron chi connectivity index (χ0n) is 11.3. The van der Waals surface area contributed by atoms with Crippen molar-refractivity contribution in [2.45, 2.75) is 38.1 Å². The van der Waals surface area contributed by atoms with Crippen LogP contribution in [0.25, 0.3) is 11.0 Å². The van der Waals surface area contributed by atoms with Gasteiger partial charge in [-0.1, -0.05) is 6.42 Å². The number of aromatic nitrogens is 2. The smallest absolute Gasteiger partial charge is 0.125 e. The van der Waals surface area contributed by atoms with Gasteiger partial charge in [-0.25, -0.2) is 9.37 Å². The highest BCUT2D eigenvalue weighted by molar-refractivity contribution is 5.75. The predicted octanol–water partition coefficient (Wildman–Crippen LogP) is 2.79. The van der Waals surface area contributed by atoms with Gasteiger partial charge in [-0.15, -0.1) is 0 Å². The van der Waals surface area contributed by atoms with Crippen molar-refractivity contribution < 1.29 is 4.39 Å². The van der Waals surface area contributed by atoms with Crippen LogP contribution in [0.2, 0.25) is 0 Å². The van der Waals surface area contributed by atoms with Crippen molar-refractivity contribution >= 4 is 11.0 Å². The zero-order valence-corrected chi connectivity index (χ0v) is 11.3. The van der Waals surface area contributed by atoms with Gasteiger partial charge in [-0.2, -0.15) is 0 Å². The van der Waals surface area contributed by atoms with E-state index in [1.807, 2.05) is 7.05 Å². The highest BCUT2D eigenvalue weighted by Crippen LogP contribution is 2.18. The summed E-state index contributed by atoms with van der Waals surface area (Å²) >= 11 is 0. The standard InChI is InChI=1S/C15H20FN3/c1-19-14-7-5-11(16)10-13(14)18-15(19)8-6-12-4-2-3-9-17-12/h5,7,10,12,17H,2-4,6,8-9H2,1H3. The Morgan fingerprint density at radius 1 is 1.42 bits per heavy atom. The van der Waals surface area contributed by atoms with Gasteiger partial charge in [0.05, 0.1) is 11.0 Å². The van der Waals surface area contributed by atoms with Gasteiger partial charge >= 0.3 is 0 Å². The van der Waals surface area contributed by atoms with E-state index in [1.165, 1.54) is 31.4 Å². The second kappa shape index (κ2) is 5.29. The minimum atomic E-state index is -0.217. The molecule has 0 aliphatic carbocycles. The van der Waals surface area contributed by atoms with E-state index in [0.717, 1.165) is 36.2 Å². The predicted molar refractivity (Wildman–Crippen MR) is 74.6 cm³/mol. The van der Waals surface area contributed by atoms with Crippen molar-refractivity contribution in [2.75, 3.05) is 6.54 Å². The largest absolute Gasteiger partial charge is 0.331 e. The molecule has 1 atom stereocenters. The molecular weight excluding hydrogens is 241 g/mol. The number of benzene rings is 1. The molecule has 3 rings (SSSR count). The summed E-state index contributed by atoms with van der Waals surface area (Å²) in [5, 5.41) is 3.55. The molecule has 2 heterocycles. The molecule has 1 aliphatic heterocycles. The molecule has 2 aromatic rings. The van der Waals surface area contributed by atoms with E-state index in [2.05, 4.69) is 14.9 Å². The Morgan fingerprint density at radius 3 is 3.11 bits per heavy atom. The number of hydrogen-bond donors (Lipinski definition) is 1. The Labute approximate surface area is 112 Å². The van der Waals surface area contributed by atoms with Crippen LogP contribution < -0.4 is 5.32 Å². The average Bonchev–Trinajstić information content (AvgIpc) is 2.74. The average molecular weight is 261 g/mol. The zero-order chi connectivity index (χ0) is 13.2. The van der Waals surface area contributed by atoms with Crippen molar-refractivity contribution in [1.82, 2.24) is 14.9 Å². The van der Waals surface area contributed by atoms with E-state index in [0.29, 0.717) is 6.04 Å². The molecule has 0 bridgehead atoms. The van der Waals surface area contributed by atoms with E-state index in [9.17, 15) is 4.39 Å². The molecular formula is C15H20FN3. The molecule has 1 unspecified atom stereocenters. The van der Waals surface area contributed by atoms with Gasteiger partial charge in [0.2, 0.25) is 0 Å². The molecule has 0 amide bonds. The fourth-order valence-corrected chi connectivity index (χ4v) is 2.92. The fraction of sp³-hybridized carbons (Fsp3) is 0.533. The van der Waals surface area contributed by atoms with Gasteiger partial charge in [-0.3, -0.25) is 0 Å². The topological polar surface area (TPSA) is 29.9 Å². The Kier molecular flexibility index (Phi) is 3.51. The number of imidazole rings is 1. The van der Waals surface area contributed by atoms with Crippen LogP contribution in [0.4, 0.5) is 4.39 Å². The highest BCUT2D eigenvalue weighted by Gasteiger charge is 2.14. The summed E-state index contributed by atoms with van der Waals surface area (Å²) in [5.74, 6) is 0.832. The number of rotatable bonds is 3. The van der Waals surface area contributed by atoms with Gasteiger partial charge in [0.15, 0.2) is 0 Å². The molecule has 0 radical (unpaired) electrons. The summed E-state index contributed by atoms with van der Waals surface area (Å²) in [5.41, 5.74) is 1.77. The molecule has 4 heteroatoms. The second-order valence-corrected chi connectivity index (χ2v) is 5.41. The number of halogens is 1. The molecule has 3 nitrogen and oxygen atoms in total. The van der Waals surface area contributed by atoms with Gasteiger partial charge in [0.25, 0.3) is 0 Å². The quantitative estimate of drug-likeness (QED) is 0.920. The molecule has 0 saturated carbocycles. The van der Waals surface area contributed by atoms with Crippen LogP contribution in [0, 0.1) is 5.82 Å². The van der Waals surface area contributed by atoms with Crippen LogP contribution in [0.3, 0.4) is 0 Å². The SMILES string of the molecule is Cn1c(CCC2CCCCN2)nc2cc(F)ccc21. The van der Waals surface area contributed by atoms with Crippen LogP contribution in [0.1, 0.15) is 31.5 Å². The number of piperidine rings is 1. The molecule has 1 fully saturated rings. The lowest BCUT2D eigenvalue weighted by molar-refractivity contribution is 0.380. The van der Waals surface area contributed by atoms with Crippen molar-refractivity contribution in [3.8, 4) is 0 Å². The second-order valence-electron chi connectivity index (χ2n) is 5.41. The molecule has 1 aromatic carbocycles. The van der Waals surface area contributed by atoms with E-state index >= 15 is 0 Å². The number of nitrogens with zero attached hydrogens (tertiary/aromatic N) is 2. The van der Waals surface area contributed by atoms with Crippen LogP contribution in [-0.4, -0.2) is 22.1 Å². The lowest BCUT2D eigenvalue weighted by atomic mass is 10.0. The Bertz CT molecular complexity index is 570. The van der Waals surface area contributed by atoms with Gasteiger partial charge in [0.1, 0.15) is 11.6 Å². The van der Waals surface area contributed by atoms with E-state index in [-0.39, 0.29) is 5.82 Å². The first-order valence-electron chi connectivity index (χ1n) is 7.08. The lowest BCUT2D eigenvalue weighted by Gasteiger charge is -2.23. The first-order valence-corrected chi connectivity index (χ1v) is 7.08. The van der Waals surface area contributed by atoms with Crippen LogP contribution >= 0.6 is 0 Å². The third kappa shape index (κ3) is 2.63. The summed E-state index contributed by atoms with van der Waals surface area (Å²) in [4.78, 5) is 4.55. The van der Waals surface area contributed by atoms with Gasteiger partial charge in [-0.05, 0) is 37.9 Å². The maximum absolute atomic E-state index is 13.2. The normalized spacial score (nSPS) is 20.0. The van der Waals surface area contributed by atoms with Crippen LogP contribution in [0.5, 0.6) is 0 Å². The summed E-state index contributed by atoms with van der Waals surface area (Å²) in [6, 6.07) is 5.43. The summed E-state index contributed by atoms with van der Waals surface area (Å²) in [7, 11) is 2.01. The Balaban J connectivity index is 1.75. The monoisotopic (exact) mass is 261 g/mol. The lowest BCUT2D eigenvalue weighted by Crippen LogP contribution is -2.34. The highest BCUT2D eigenvalue weighted by atomic mass is 19.1. The molecule has 1 aromatic heterocycles. The van der Waals surface area contributed by atoms with Gasteiger partial charge in [0, 0.05) is 25.6 Å². The Morgan fingerprint density at radius 2 is 2.32 bits per heavy atom. The van der Waals surface area contributed by atoms with Crippen molar-refractivity contribution in [2.24, 2.45) is 7.05 Å². The number of aryl methyl sites for hydroxylation is 2.